The van der Waals surface area contributed by atoms with Gasteiger partial charge in [-0.2, -0.15) is 0 Å². The van der Waals surface area contributed by atoms with Crippen molar-refractivity contribution in [3.8, 4) is 0 Å². The van der Waals surface area contributed by atoms with Crippen molar-refractivity contribution in [3.63, 3.8) is 0 Å². The van der Waals surface area contributed by atoms with E-state index in [1.165, 1.54) is 6.07 Å². The summed E-state index contributed by atoms with van der Waals surface area (Å²) in [5.41, 5.74) is 0. The average Bonchev–Trinajstić information content (AvgIpc) is 2.76. The summed E-state index contributed by atoms with van der Waals surface area (Å²) in [6.07, 6.45) is 0. The summed E-state index contributed by atoms with van der Waals surface area (Å²) < 4.78 is 43.6. The first-order valence-electron chi connectivity index (χ1n) is 5.66. The van der Waals surface area contributed by atoms with Crippen LogP contribution in [0.4, 0.5) is 8.78 Å². The van der Waals surface area contributed by atoms with Gasteiger partial charge in [0.15, 0.2) is 0 Å². The standard InChI is InChI=1S/C13H13F2NO2S/c1-16-7-10-3-4-11(18-10)8-19(17)13-5-2-9(14)6-12(13)15/h2-6,16H,7-8H2,1H3. The topological polar surface area (TPSA) is 42.2 Å². The maximum absolute atomic E-state index is 13.5. The van der Waals surface area contributed by atoms with Gasteiger partial charge >= 0.3 is 0 Å². The van der Waals surface area contributed by atoms with Gasteiger partial charge in [0.05, 0.1) is 28.0 Å². The highest BCUT2D eigenvalue weighted by Crippen LogP contribution is 2.18. The highest BCUT2D eigenvalue weighted by atomic mass is 32.2. The zero-order valence-corrected chi connectivity index (χ0v) is 11.1. The number of nitrogens with one attached hydrogen (secondary N) is 1. The van der Waals surface area contributed by atoms with Gasteiger partial charge in [0, 0.05) is 6.07 Å². The molecular formula is C13H13F2NO2S. The van der Waals surface area contributed by atoms with Crippen molar-refractivity contribution in [1.82, 2.24) is 5.32 Å². The van der Waals surface area contributed by atoms with Crippen LogP contribution in [0, 0.1) is 11.6 Å². The Morgan fingerprint density at radius 1 is 1.21 bits per heavy atom. The maximum atomic E-state index is 13.5. The third kappa shape index (κ3) is 3.48. The van der Waals surface area contributed by atoms with Gasteiger partial charge in [-0.1, -0.05) is 0 Å². The molecular weight excluding hydrogens is 272 g/mol. The van der Waals surface area contributed by atoms with Crippen LogP contribution in [-0.2, 0) is 23.1 Å². The predicted molar refractivity (Wildman–Crippen MR) is 67.9 cm³/mol. The lowest BCUT2D eigenvalue weighted by Gasteiger charge is -2.02. The van der Waals surface area contributed by atoms with Crippen LogP contribution in [-0.4, -0.2) is 11.3 Å². The van der Waals surface area contributed by atoms with E-state index >= 15 is 0 Å². The first-order chi connectivity index (χ1) is 9.10. The Balaban J connectivity index is 2.11. The lowest BCUT2D eigenvalue weighted by atomic mass is 10.3. The van der Waals surface area contributed by atoms with E-state index in [1.54, 1.807) is 19.2 Å². The minimum Gasteiger partial charge on any atom is -0.464 e. The molecule has 2 aromatic rings. The molecule has 1 aromatic carbocycles. The van der Waals surface area contributed by atoms with E-state index in [-0.39, 0.29) is 10.6 Å². The second kappa shape index (κ2) is 6.08. The van der Waals surface area contributed by atoms with Crippen LogP contribution in [0.25, 0.3) is 0 Å². The highest BCUT2D eigenvalue weighted by molar-refractivity contribution is 7.84. The van der Waals surface area contributed by atoms with Crippen LogP contribution in [0.15, 0.2) is 39.6 Å². The Bertz CT molecular complexity index is 598. The monoisotopic (exact) mass is 285 g/mol. The first-order valence-corrected chi connectivity index (χ1v) is 6.97. The molecule has 0 saturated heterocycles. The summed E-state index contributed by atoms with van der Waals surface area (Å²) in [5, 5.41) is 2.93. The van der Waals surface area contributed by atoms with Crippen LogP contribution in [0.3, 0.4) is 0 Å². The van der Waals surface area contributed by atoms with Gasteiger partial charge < -0.3 is 9.73 Å². The Kier molecular flexibility index (Phi) is 4.44. The minimum atomic E-state index is -1.60. The molecule has 0 spiro atoms. The molecule has 0 amide bonds. The Hall–Kier alpha value is -1.53. The van der Waals surface area contributed by atoms with Crippen LogP contribution in [0.5, 0.6) is 0 Å². The van der Waals surface area contributed by atoms with E-state index in [4.69, 9.17) is 4.42 Å². The van der Waals surface area contributed by atoms with Crippen molar-refractivity contribution in [2.24, 2.45) is 0 Å². The summed E-state index contributed by atoms with van der Waals surface area (Å²) in [6.45, 7) is 0.567. The lowest BCUT2D eigenvalue weighted by Crippen LogP contribution is -2.03. The second-order valence-corrected chi connectivity index (χ2v) is 5.38. The molecule has 3 nitrogen and oxygen atoms in total. The molecule has 1 atom stereocenters. The molecule has 0 saturated carbocycles. The average molecular weight is 285 g/mol. The molecule has 6 heteroatoms. The molecule has 0 aliphatic carbocycles. The van der Waals surface area contributed by atoms with E-state index in [0.29, 0.717) is 18.1 Å². The van der Waals surface area contributed by atoms with E-state index < -0.39 is 22.4 Å². The molecule has 0 aliphatic heterocycles. The Morgan fingerprint density at radius 3 is 2.63 bits per heavy atom. The van der Waals surface area contributed by atoms with Gasteiger partial charge in [-0.3, -0.25) is 4.21 Å². The number of benzene rings is 1. The predicted octanol–water partition coefficient (Wildman–Crippen LogP) is 2.59. The molecule has 0 bridgehead atoms. The van der Waals surface area contributed by atoms with Crippen molar-refractivity contribution in [3.05, 3.63) is 53.5 Å². The quantitative estimate of drug-likeness (QED) is 0.918. The summed E-state index contributed by atoms with van der Waals surface area (Å²) in [5.74, 6) is -0.207. The summed E-state index contributed by atoms with van der Waals surface area (Å²) >= 11 is 0. The third-order valence-corrected chi connectivity index (χ3v) is 3.85. The first kappa shape index (κ1) is 13.9. The normalized spacial score (nSPS) is 12.6. The zero-order chi connectivity index (χ0) is 13.8. The molecule has 1 unspecified atom stereocenters. The van der Waals surface area contributed by atoms with E-state index in [1.807, 2.05) is 0 Å². The van der Waals surface area contributed by atoms with Gasteiger partial charge in [-0.25, -0.2) is 8.78 Å². The number of hydrogen-bond acceptors (Lipinski definition) is 3. The molecule has 1 N–H and O–H groups in total. The van der Waals surface area contributed by atoms with Crippen molar-refractivity contribution in [1.29, 1.82) is 0 Å². The van der Waals surface area contributed by atoms with Crippen molar-refractivity contribution >= 4 is 10.8 Å². The fourth-order valence-electron chi connectivity index (χ4n) is 1.64. The fraction of sp³-hybridized carbons (Fsp3) is 0.231. The maximum Gasteiger partial charge on any atom is 0.142 e. The number of furan rings is 1. The van der Waals surface area contributed by atoms with Crippen molar-refractivity contribution in [2.45, 2.75) is 17.2 Å². The zero-order valence-electron chi connectivity index (χ0n) is 10.3. The largest absolute Gasteiger partial charge is 0.464 e. The van der Waals surface area contributed by atoms with Crippen molar-refractivity contribution < 1.29 is 17.4 Å². The summed E-state index contributed by atoms with van der Waals surface area (Å²) in [4.78, 5) is -0.0204. The van der Waals surface area contributed by atoms with Crippen LogP contribution < -0.4 is 5.32 Å². The molecule has 102 valence electrons. The van der Waals surface area contributed by atoms with Crippen LogP contribution in [0.2, 0.25) is 0 Å². The van der Waals surface area contributed by atoms with Crippen LogP contribution >= 0.6 is 0 Å². The Labute approximate surface area is 112 Å². The van der Waals surface area contributed by atoms with Gasteiger partial charge in [0.2, 0.25) is 0 Å². The van der Waals surface area contributed by atoms with Gasteiger partial charge in [-0.05, 0) is 31.3 Å². The molecule has 0 aliphatic rings. The SMILES string of the molecule is CNCc1ccc(CS(=O)c2ccc(F)cc2F)o1. The molecule has 1 heterocycles. The minimum absolute atomic E-state index is 0.0204. The van der Waals surface area contributed by atoms with Gasteiger partial charge in [0.25, 0.3) is 0 Å². The molecule has 0 radical (unpaired) electrons. The molecule has 1 aromatic heterocycles. The number of hydrogen-bond donors (Lipinski definition) is 1. The molecule has 19 heavy (non-hydrogen) atoms. The van der Waals surface area contributed by atoms with Crippen LogP contribution in [0.1, 0.15) is 11.5 Å². The number of halogens is 2. The van der Waals surface area contributed by atoms with Gasteiger partial charge in [0.1, 0.15) is 23.2 Å². The third-order valence-electron chi connectivity index (χ3n) is 2.48. The van der Waals surface area contributed by atoms with Crippen molar-refractivity contribution in [2.75, 3.05) is 7.05 Å². The Morgan fingerprint density at radius 2 is 1.95 bits per heavy atom. The van der Waals surface area contributed by atoms with E-state index in [0.717, 1.165) is 12.1 Å². The molecule has 2 rings (SSSR count). The second-order valence-electron chi connectivity index (χ2n) is 3.96. The lowest BCUT2D eigenvalue weighted by molar-refractivity contribution is 0.467. The summed E-state index contributed by atoms with van der Waals surface area (Å²) in [7, 11) is 0.185. The highest BCUT2D eigenvalue weighted by Gasteiger charge is 2.13. The smallest absolute Gasteiger partial charge is 0.142 e. The summed E-state index contributed by atoms with van der Waals surface area (Å²) in [6, 6.07) is 6.47. The fourth-order valence-corrected chi connectivity index (χ4v) is 2.70. The van der Waals surface area contributed by atoms with E-state index in [2.05, 4.69) is 5.32 Å². The number of rotatable bonds is 5. The van der Waals surface area contributed by atoms with Gasteiger partial charge in [-0.15, -0.1) is 0 Å². The van der Waals surface area contributed by atoms with E-state index in [9.17, 15) is 13.0 Å². The molecule has 0 fully saturated rings.